The molecule has 4 aromatic rings. The van der Waals surface area contributed by atoms with E-state index in [-0.39, 0.29) is 28.4 Å². The molecule has 1 aromatic carbocycles. The highest BCUT2D eigenvalue weighted by Crippen LogP contribution is 2.30. The van der Waals surface area contributed by atoms with E-state index in [4.69, 9.17) is 0 Å². The predicted octanol–water partition coefficient (Wildman–Crippen LogP) is 3.08. The molecule has 3 aromatic heterocycles. The highest BCUT2D eigenvalue weighted by atomic mass is 19.4. The van der Waals surface area contributed by atoms with E-state index in [9.17, 15) is 50.6 Å². The van der Waals surface area contributed by atoms with Crippen molar-refractivity contribution < 1.29 is 41.0 Å². The summed E-state index contributed by atoms with van der Waals surface area (Å²) in [7, 11) is 1.42. The number of anilines is 1. The number of hydrogen-bond acceptors (Lipinski definition) is 7. The molecule has 0 aliphatic carbocycles. The topological polar surface area (TPSA) is 148 Å². The van der Waals surface area contributed by atoms with Gasteiger partial charge in [-0.25, -0.2) is 32.3 Å². The predicted molar refractivity (Wildman–Crippen MR) is 143 cm³/mol. The minimum atomic E-state index is -4.87. The van der Waals surface area contributed by atoms with Gasteiger partial charge in [-0.1, -0.05) is 13.0 Å². The highest BCUT2D eigenvalue weighted by molar-refractivity contribution is 5.97. The number of hydrogen-bond donors (Lipinski definition) is 3. The fraction of sp³-hybridized carbons (Fsp3) is 0.259. The van der Waals surface area contributed by atoms with Crippen LogP contribution >= 0.6 is 0 Å². The molecule has 2 atom stereocenters. The number of aromatic nitrogens is 4. The lowest BCUT2D eigenvalue weighted by Gasteiger charge is -2.22. The molecule has 3 heterocycles. The third-order valence-electron chi connectivity index (χ3n) is 6.67. The quantitative estimate of drug-likeness (QED) is 0.190. The Morgan fingerprint density at radius 3 is 2.36 bits per heavy atom. The molecule has 0 bridgehead atoms. The minimum absolute atomic E-state index is 0.113. The minimum Gasteiger partial charge on any atom is -0.480 e. The second-order valence-corrected chi connectivity index (χ2v) is 9.52. The normalized spacial score (nSPS) is 13.0. The molecule has 3 N–H and O–H groups in total. The van der Waals surface area contributed by atoms with E-state index in [0.717, 1.165) is 17.7 Å². The fourth-order valence-electron chi connectivity index (χ4n) is 4.34. The van der Waals surface area contributed by atoms with E-state index >= 15 is 0 Å². The summed E-state index contributed by atoms with van der Waals surface area (Å²) in [6.07, 6.45) is -2.18. The number of pyridine rings is 2. The Bertz CT molecular complexity index is 1870. The van der Waals surface area contributed by atoms with Crippen LogP contribution < -0.4 is 21.9 Å². The van der Waals surface area contributed by atoms with Gasteiger partial charge in [0.1, 0.15) is 29.3 Å². The van der Waals surface area contributed by atoms with E-state index in [2.05, 4.69) is 9.97 Å². The number of carbonyl (C=O) groups is 2. The molecule has 0 radical (unpaired) electrons. The van der Waals surface area contributed by atoms with Crippen LogP contribution in [0.25, 0.3) is 16.7 Å². The van der Waals surface area contributed by atoms with E-state index < -0.39 is 82.9 Å². The number of rotatable bonds is 9. The number of aryl methyl sites for hydroxylation is 1. The number of fused-ring (bicyclic) bond motifs is 1. The van der Waals surface area contributed by atoms with E-state index in [1.54, 1.807) is 5.32 Å². The molecule has 0 saturated heterocycles. The van der Waals surface area contributed by atoms with Crippen molar-refractivity contribution in [3.8, 4) is 5.82 Å². The van der Waals surface area contributed by atoms with Gasteiger partial charge >= 0.3 is 17.8 Å². The molecule has 1 amide bonds. The summed E-state index contributed by atoms with van der Waals surface area (Å²) in [4.78, 5) is 58.1. The first-order valence-corrected chi connectivity index (χ1v) is 12.7. The van der Waals surface area contributed by atoms with Gasteiger partial charge in [-0.3, -0.25) is 19.1 Å². The molecule has 0 aliphatic heterocycles. The smallest absolute Gasteiger partial charge is 0.408 e. The van der Waals surface area contributed by atoms with Crippen LogP contribution in [0.2, 0.25) is 0 Å². The number of carboxylic acids is 1. The van der Waals surface area contributed by atoms with Crippen molar-refractivity contribution in [2.75, 3.05) is 5.32 Å². The number of aliphatic carboxylic acids is 1. The number of nitrogens with one attached hydrogen (secondary N) is 2. The monoisotopic (exact) mass is 624 g/mol. The van der Waals surface area contributed by atoms with Gasteiger partial charge in [0, 0.05) is 31.9 Å². The van der Waals surface area contributed by atoms with Crippen LogP contribution in [0, 0.1) is 17.5 Å². The summed E-state index contributed by atoms with van der Waals surface area (Å²) >= 11 is 0. The molecule has 4 rings (SSSR count). The van der Waals surface area contributed by atoms with Gasteiger partial charge in [-0.05, 0) is 24.1 Å². The molecule has 0 fully saturated rings. The Labute approximate surface area is 242 Å². The van der Waals surface area contributed by atoms with Gasteiger partial charge in [0.15, 0.2) is 11.6 Å². The van der Waals surface area contributed by atoms with Crippen molar-refractivity contribution in [2.45, 2.75) is 38.0 Å². The third kappa shape index (κ3) is 6.11. The van der Waals surface area contributed by atoms with Crippen molar-refractivity contribution >= 4 is 28.5 Å². The van der Waals surface area contributed by atoms with Crippen molar-refractivity contribution in [3.63, 3.8) is 0 Å². The Morgan fingerprint density at radius 1 is 1.07 bits per heavy atom. The standard InChI is InChI=1S/C27H22F6N6O5/c1-3-18(27(31,32)33)36-15-9-14(28)20(22(30)21(15)29)23(40)37-16(25(42)43)8-12-4-5-19(35-10-12)39-24(41)13-6-7-34-11-17(13)38(2)26(39)44/h4-7,9-11,16,18,36H,3,8H2,1-2H3,(H,37,40)(H,42,43). The summed E-state index contributed by atoms with van der Waals surface area (Å²) < 4.78 is 84.9. The van der Waals surface area contributed by atoms with Crippen LogP contribution in [0.4, 0.5) is 32.0 Å². The average Bonchev–Trinajstić information content (AvgIpc) is 2.97. The number of benzene rings is 1. The zero-order chi connectivity index (χ0) is 32.5. The molecular formula is C27H22F6N6O5. The first kappa shape index (κ1) is 31.7. The second-order valence-electron chi connectivity index (χ2n) is 9.52. The summed E-state index contributed by atoms with van der Waals surface area (Å²) in [5.41, 5.74) is -3.75. The Morgan fingerprint density at radius 2 is 1.77 bits per heavy atom. The van der Waals surface area contributed by atoms with Gasteiger partial charge in [0.05, 0.1) is 22.8 Å². The summed E-state index contributed by atoms with van der Waals surface area (Å²) in [6.45, 7) is 1.11. The maximum absolute atomic E-state index is 14.7. The number of amides is 1. The molecule has 17 heteroatoms. The van der Waals surface area contributed by atoms with Crippen LogP contribution in [0.15, 0.2) is 52.4 Å². The Kier molecular flexibility index (Phi) is 8.78. The van der Waals surface area contributed by atoms with Gasteiger partial charge < -0.3 is 15.7 Å². The lowest BCUT2D eigenvalue weighted by molar-refractivity contribution is -0.143. The summed E-state index contributed by atoms with van der Waals surface area (Å²) in [5.74, 6) is -9.31. The molecule has 11 nitrogen and oxygen atoms in total. The van der Waals surface area contributed by atoms with Crippen molar-refractivity contribution in [1.82, 2.24) is 24.4 Å². The lowest BCUT2D eigenvalue weighted by atomic mass is 10.1. The fourth-order valence-corrected chi connectivity index (χ4v) is 4.34. The molecule has 0 spiro atoms. The molecule has 2 unspecified atom stereocenters. The number of carbonyl (C=O) groups excluding carboxylic acids is 1. The number of halogens is 6. The van der Waals surface area contributed by atoms with E-state index in [0.29, 0.717) is 0 Å². The SMILES string of the molecule is CCC(Nc1cc(F)c(C(=O)NC(Cc2ccc(-n3c(=O)c4ccncc4n(C)c3=O)nc2)C(=O)O)c(F)c1F)C(F)(F)F. The van der Waals surface area contributed by atoms with E-state index in [1.165, 1.54) is 42.2 Å². The Balaban J connectivity index is 1.57. The molecule has 44 heavy (non-hydrogen) atoms. The van der Waals surface area contributed by atoms with Gasteiger partial charge in [0.2, 0.25) is 0 Å². The largest absolute Gasteiger partial charge is 0.480 e. The maximum atomic E-state index is 14.7. The van der Waals surface area contributed by atoms with Crippen molar-refractivity contribution in [3.05, 3.63) is 92.3 Å². The molecule has 0 saturated carbocycles. The van der Waals surface area contributed by atoms with Crippen LogP contribution in [0.5, 0.6) is 0 Å². The number of alkyl halides is 3. The number of nitrogens with zero attached hydrogens (tertiary/aromatic N) is 4. The lowest BCUT2D eigenvalue weighted by Crippen LogP contribution is -2.43. The van der Waals surface area contributed by atoms with Crippen molar-refractivity contribution in [2.24, 2.45) is 7.05 Å². The molecule has 232 valence electrons. The van der Waals surface area contributed by atoms with Gasteiger partial charge in [0.25, 0.3) is 11.5 Å². The van der Waals surface area contributed by atoms with Crippen LogP contribution in [0.1, 0.15) is 29.3 Å². The van der Waals surface area contributed by atoms with Crippen LogP contribution in [-0.2, 0) is 18.3 Å². The zero-order valence-electron chi connectivity index (χ0n) is 22.7. The molecule has 0 aliphatic rings. The second kappa shape index (κ2) is 12.2. The van der Waals surface area contributed by atoms with Gasteiger partial charge in [-0.2, -0.15) is 13.2 Å². The Hall–Kier alpha value is -5.22. The molecular weight excluding hydrogens is 602 g/mol. The van der Waals surface area contributed by atoms with Crippen LogP contribution in [0.3, 0.4) is 0 Å². The van der Waals surface area contributed by atoms with Gasteiger partial charge in [-0.15, -0.1) is 0 Å². The van der Waals surface area contributed by atoms with Crippen molar-refractivity contribution in [1.29, 1.82) is 0 Å². The number of carboxylic acid groups (broad SMARTS) is 1. The van der Waals surface area contributed by atoms with Crippen LogP contribution in [-0.4, -0.2) is 54.3 Å². The first-order valence-electron chi connectivity index (χ1n) is 12.7. The van der Waals surface area contributed by atoms with E-state index in [1.807, 2.05) is 5.32 Å². The summed E-state index contributed by atoms with van der Waals surface area (Å²) in [5, 5.41) is 13.3. The zero-order valence-corrected chi connectivity index (χ0v) is 22.7. The maximum Gasteiger partial charge on any atom is 0.408 e. The third-order valence-corrected chi connectivity index (χ3v) is 6.67. The average molecular weight is 624 g/mol. The highest BCUT2D eigenvalue weighted by Gasteiger charge is 2.39. The first-order chi connectivity index (χ1) is 20.6. The summed E-state index contributed by atoms with van der Waals surface area (Å²) in [6, 6.07) is -0.0832.